The topological polar surface area (TPSA) is 109 Å². The highest BCUT2D eigenvalue weighted by molar-refractivity contribution is 5.74. The minimum absolute atomic E-state index is 0.118. The predicted molar refractivity (Wildman–Crippen MR) is 65.9 cm³/mol. The number of hydrogen-bond donors (Lipinski definition) is 3. The Morgan fingerprint density at radius 3 is 3.00 bits per heavy atom. The molecule has 0 aliphatic heterocycles. The maximum absolute atomic E-state index is 11.4. The van der Waals surface area contributed by atoms with E-state index in [1.165, 1.54) is 10.9 Å². The Morgan fingerprint density at radius 2 is 2.37 bits per heavy atom. The summed E-state index contributed by atoms with van der Waals surface area (Å²) in [5.74, 6) is 1.44. The molecule has 8 heteroatoms. The van der Waals surface area contributed by atoms with Crippen molar-refractivity contribution in [2.24, 2.45) is 0 Å². The van der Waals surface area contributed by atoms with E-state index in [-0.39, 0.29) is 25.2 Å². The number of amides is 2. The van der Waals surface area contributed by atoms with E-state index in [0.29, 0.717) is 12.1 Å². The lowest BCUT2D eigenvalue weighted by Crippen LogP contribution is -2.40. The Balaban J connectivity index is 2.36. The number of aliphatic carboxylic acids is 1. The minimum Gasteiger partial charge on any atom is -0.480 e. The van der Waals surface area contributed by atoms with Crippen LogP contribution in [0.25, 0.3) is 0 Å². The number of carbonyl (C=O) groups is 2. The number of hydrogen-bond acceptors (Lipinski definition) is 4. The van der Waals surface area contributed by atoms with Crippen molar-refractivity contribution in [1.82, 2.24) is 25.6 Å². The van der Waals surface area contributed by atoms with E-state index in [1.54, 1.807) is 6.92 Å². The molecule has 1 atom stereocenters. The lowest BCUT2D eigenvalue weighted by atomic mass is 10.2. The van der Waals surface area contributed by atoms with E-state index in [0.717, 1.165) is 0 Å². The van der Waals surface area contributed by atoms with E-state index in [9.17, 15) is 9.59 Å². The van der Waals surface area contributed by atoms with Crippen LogP contribution in [0.5, 0.6) is 0 Å². The van der Waals surface area contributed by atoms with Gasteiger partial charge in [0, 0.05) is 12.5 Å². The molecule has 0 aliphatic carbocycles. The fourth-order valence-electron chi connectivity index (χ4n) is 1.31. The normalized spacial score (nSPS) is 11.4. The molecule has 19 heavy (non-hydrogen) atoms. The third-order valence-electron chi connectivity index (χ3n) is 2.11. The van der Waals surface area contributed by atoms with Crippen LogP contribution in [0.1, 0.15) is 19.0 Å². The molecule has 3 N–H and O–H groups in total. The van der Waals surface area contributed by atoms with E-state index in [2.05, 4.69) is 26.9 Å². The predicted octanol–water partition coefficient (Wildman–Crippen LogP) is -0.426. The Hall–Kier alpha value is -2.56. The van der Waals surface area contributed by atoms with Gasteiger partial charge in [-0.2, -0.15) is 0 Å². The van der Waals surface area contributed by atoms with Gasteiger partial charge in [-0.15, -0.1) is 17.4 Å². The van der Waals surface area contributed by atoms with Crippen molar-refractivity contribution >= 4 is 12.0 Å². The zero-order chi connectivity index (χ0) is 14.3. The van der Waals surface area contributed by atoms with Gasteiger partial charge >= 0.3 is 12.0 Å². The Kier molecular flexibility index (Phi) is 5.35. The number of urea groups is 1. The van der Waals surface area contributed by atoms with Crippen molar-refractivity contribution in [3.8, 4) is 12.3 Å². The minimum atomic E-state index is -1.01. The van der Waals surface area contributed by atoms with Crippen molar-refractivity contribution in [2.45, 2.75) is 32.5 Å². The first-order chi connectivity index (χ1) is 9.01. The number of carboxylic acid groups (broad SMARTS) is 1. The molecule has 1 aromatic heterocycles. The van der Waals surface area contributed by atoms with Crippen LogP contribution in [0.15, 0.2) is 6.20 Å². The van der Waals surface area contributed by atoms with Gasteiger partial charge in [0.25, 0.3) is 0 Å². The molecule has 1 rings (SSSR count). The molecule has 1 heterocycles. The van der Waals surface area contributed by atoms with Crippen LogP contribution in [0.3, 0.4) is 0 Å². The first-order valence-electron chi connectivity index (χ1n) is 5.60. The van der Waals surface area contributed by atoms with E-state index >= 15 is 0 Å². The quantitative estimate of drug-likeness (QED) is 0.605. The third kappa shape index (κ3) is 5.54. The van der Waals surface area contributed by atoms with E-state index in [4.69, 9.17) is 11.5 Å². The molecule has 2 amide bonds. The molecule has 1 unspecified atom stereocenters. The van der Waals surface area contributed by atoms with Gasteiger partial charge in [0.2, 0.25) is 0 Å². The van der Waals surface area contributed by atoms with E-state index < -0.39 is 5.97 Å². The van der Waals surface area contributed by atoms with Crippen LogP contribution < -0.4 is 10.6 Å². The first kappa shape index (κ1) is 14.5. The average molecular weight is 265 g/mol. The zero-order valence-corrected chi connectivity index (χ0v) is 10.5. The molecule has 8 nitrogen and oxygen atoms in total. The number of carbonyl (C=O) groups excluding carboxylic acids is 1. The number of rotatable bonds is 6. The van der Waals surface area contributed by atoms with Gasteiger partial charge in [0.1, 0.15) is 12.2 Å². The summed E-state index contributed by atoms with van der Waals surface area (Å²) >= 11 is 0. The second-order valence-corrected chi connectivity index (χ2v) is 3.94. The number of carboxylic acids is 1. The fourth-order valence-corrected chi connectivity index (χ4v) is 1.31. The van der Waals surface area contributed by atoms with Gasteiger partial charge in [-0.05, 0) is 6.92 Å². The summed E-state index contributed by atoms with van der Waals surface area (Å²) in [5, 5.41) is 21.1. The highest BCUT2D eigenvalue weighted by Crippen LogP contribution is 1.93. The van der Waals surface area contributed by atoms with Crippen LogP contribution in [-0.4, -0.2) is 38.1 Å². The summed E-state index contributed by atoms with van der Waals surface area (Å²) < 4.78 is 1.18. The maximum atomic E-state index is 11.4. The summed E-state index contributed by atoms with van der Waals surface area (Å²) in [7, 11) is 0. The monoisotopic (exact) mass is 265 g/mol. The largest absolute Gasteiger partial charge is 0.480 e. The number of nitrogens with zero attached hydrogens (tertiary/aromatic N) is 3. The zero-order valence-electron chi connectivity index (χ0n) is 10.5. The van der Waals surface area contributed by atoms with Crippen LogP contribution >= 0.6 is 0 Å². The highest BCUT2D eigenvalue weighted by Gasteiger charge is 2.08. The van der Waals surface area contributed by atoms with Gasteiger partial charge in [-0.1, -0.05) is 5.21 Å². The Bertz CT molecular complexity index is 491. The molecule has 1 aromatic rings. The molecule has 0 fully saturated rings. The number of aromatic nitrogens is 3. The molecule has 0 radical (unpaired) electrons. The highest BCUT2D eigenvalue weighted by atomic mass is 16.4. The fraction of sp³-hybridized carbons (Fsp3) is 0.455. The summed E-state index contributed by atoms with van der Waals surface area (Å²) in [5.41, 5.74) is 0.473. The molecule has 0 aromatic carbocycles. The van der Waals surface area contributed by atoms with Crippen LogP contribution in [0, 0.1) is 12.3 Å². The van der Waals surface area contributed by atoms with Gasteiger partial charge < -0.3 is 15.7 Å². The lowest BCUT2D eigenvalue weighted by molar-refractivity contribution is -0.137. The summed E-state index contributed by atoms with van der Waals surface area (Å²) in [4.78, 5) is 21.9. The molecule has 0 aliphatic rings. The molecular weight excluding hydrogens is 250 g/mol. The first-order valence-corrected chi connectivity index (χ1v) is 5.60. The van der Waals surface area contributed by atoms with E-state index in [1.807, 2.05) is 0 Å². The molecular formula is C11H15N5O3. The average Bonchev–Trinajstić information content (AvgIpc) is 2.73. The van der Waals surface area contributed by atoms with Gasteiger partial charge in [0.15, 0.2) is 0 Å². The second-order valence-electron chi connectivity index (χ2n) is 3.94. The van der Waals surface area contributed by atoms with Gasteiger partial charge in [-0.25, -0.2) is 9.48 Å². The van der Waals surface area contributed by atoms with Gasteiger partial charge in [-0.3, -0.25) is 4.79 Å². The smallest absolute Gasteiger partial charge is 0.325 e. The second kappa shape index (κ2) is 7.00. The molecule has 0 saturated heterocycles. The van der Waals surface area contributed by atoms with Crippen LogP contribution in [0.4, 0.5) is 4.79 Å². The number of nitrogens with one attached hydrogen (secondary N) is 2. The number of terminal acetylenes is 1. The van der Waals surface area contributed by atoms with Gasteiger partial charge in [0.05, 0.1) is 12.7 Å². The maximum Gasteiger partial charge on any atom is 0.325 e. The van der Waals surface area contributed by atoms with Crippen LogP contribution in [-0.2, 0) is 17.9 Å². The lowest BCUT2D eigenvalue weighted by Gasteiger charge is -2.11. The third-order valence-corrected chi connectivity index (χ3v) is 2.11. The standard InChI is InChI=1S/C11H15N5O3/c1-3-4-8(2)13-11(19)12-5-9-6-16(15-14-9)7-10(17)18/h1,6,8H,4-5,7H2,2H3,(H,17,18)(H2,12,13,19). The van der Waals surface area contributed by atoms with Crippen molar-refractivity contribution in [2.75, 3.05) is 0 Å². The Morgan fingerprint density at radius 1 is 1.63 bits per heavy atom. The molecule has 0 spiro atoms. The molecule has 0 bridgehead atoms. The Labute approximate surface area is 110 Å². The van der Waals surface area contributed by atoms with Crippen molar-refractivity contribution < 1.29 is 14.7 Å². The van der Waals surface area contributed by atoms with Crippen molar-refractivity contribution in [3.63, 3.8) is 0 Å². The summed E-state index contributed by atoms with van der Waals surface area (Å²) in [6.07, 6.45) is 7.03. The van der Waals surface area contributed by atoms with Crippen molar-refractivity contribution in [3.05, 3.63) is 11.9 Å². The van der Waals surface area contributed by atoms with Crippen molar-refractivity contribution in [1.29, 1.82) is 0 Å². The molecule has 0 saturated carbocycles. The van der Waals surface area contributed by atoms with Crippen LogP contribution in [0.2, 0.25) is 0 Å². The SMILES string of the molecule is C#CCC(C)NC(=O)NCc1cn(CC(=O)O)nn1. The summed E-state index contributed by atoms with van der Waals surface area (Å²) in [6, 6.07) is -0.483. The molecule has 102 valence electrons. The summed E-state index contributed by atoms with van der Waals surface area (Å²) in [6.45, 7) is 1.69.